The molecule has 1 unspecified atom stereocenters. The van der Waals surface area contributed by atoms with Crippen LogP contribution in [-0.2, 0) is 11.2 Å². The molecule has 0 fully saturated rings. The van der Waals surface area contributed by atoms with E-state index >= 15 is 0 Å². The Balaban J connectivity index is 2.81. The lowest BCUT2D eigenvalue weighted by atomic mass is 10.7. The molecule has 1 aromatic rings. The number of urea groups is 1. The maximum Gasteiger partial charge on any atom is 0.325 e. The van der Waals surface area contributed by atoms with Crippen molar-refractivity contribution in [1.29, 1.82) is 0 Å². The molecule has 1 atom stereocenters. The monoisotopic (exact) mass is 262 g/mol. The van der Waals surface area contributed by atoms with Crippen LogP contribution >= 0.6 is 11.3 Å². The molecule has 0 spiro atoms. The standard InChI is InChI=1S/C8H14N4O2S2/c1-5-16(14)7-10-9-6(15-7)12(4)8(13)11(2)3/h5H2,1-4H3. The molecular formula is C8H14N4O2S2. The SMILES string of the molecule is CC[S+]([O-])c1nnc(N(C)C(=O)N(C)C)s1. The van der Waals surface area contributed by atoms with Gasteiger partial charge in [-0.1, -0.05) is 5.10 Å². The molecule has 6 nitrogen and oxygen atoms in total. The second kappa shape index (κ2) is 5.46. The zero-order valence-electron chi connectivity index (χ0n) is 9.63. The fourth-order valence-corrected chi connectivity index (χ4v) is 2.80. The smallest absolute Gasteiger partial charge is 0.325 e. The number of rotatable bonds is 3. The highest BCUT2D eigenvalue weighted by Crippen LogP contribution is 2.23. The van der Waals surface area contributed by atoms with Crippen molar-refractivity contribution in [3.05, 3.63) is 0 Å². The first-order valence-electron chi connectivity index (χ1n) is 4.64. The molecule has 16 heavy (non-hydrogen) atoms. The van der Waals surface area contributed by atoms with E-state index in [0.717, 1.165) is 0 Å². The summed E-state index contributed by atoms with van der Waals surface area (Å²) in [5.41, 5.74) is 0. The molecule has 0 aromatic carbocycles. The zero-order chi connectivity index (χ0) is 12.3. The second-order valence-corrected chi connectivity index (χ2v) is 6.09. The van der Waals surface area contributed by atoms with Gasteiger partial charge in [-0.2, -0.15) is 0 Å². The average Bonchev–Trinajstić information content (AvgIpc) is 2.75. The molecular weight excluding hydrogens is 248 g/mol. The summed E-state index contributed by atoms with van der Waals surface area (Å²) in [4.78, 5) is 14.4. The van der Waals surface area contributed by atoms with Gasteiger partial charge in [0, 0.05) is 32.3 Å². The second-order valence-electron chi connectivity index (χ2n) is 3.22. The lowest BCUT2D eigenvalue weighted by Gasteiger charge is -2.18. The minimum atomic E-state index is -1.12. The Morgan fingerprint density at radius 2 is 2.06 bits per heavy atom. The molecule has 2 amide bonds. The molecule has 0 bridgehead atoms. The molecule has 90 valence electrons. The summed E-state index contributed by atoms with van der Waals surface area (Å²) < 4.78 is 11.9. The molecule has 0 N–H and O–H groups in total. The van der Waals surface area contributed by atoms with Gasteiger partial charge >= 0.3 is 10.4 Å². The summed E-state index contributed by atoms with van der Waals surface area (Å²) in [6.45, 7) is 1.81. The van der Waals surface area contributed by atoms with Gasteiger partial charge in [-0.25, -0.2) is 4.79 Å². The van der Waals surface area contributed by atoms with Crippen molar-refractivity contribution in [3.63, 3.8) is 0 Å². The van der Waals surface area contributed by atoms with Crippen molar-refractivity contribution >= 4 is 33.7 Å². The largest absolute Gasteiger partial charge is 0.610 e. The molecule has 0 aliphatic rings. The van der Waals surface area contributed by atoms with Crippen LogP contribution in [0.25, 0.3) is 0 Å². The summed E-state index contributed by atoms with van der Waals surface area (Å²) in [7, 11) is 4.93. The van der Waals surface area contributed by atoms with Crippen LogP contribution in [0.3, 0.4) is 0 Å². The third-order valence-electron chi connectivity index (χ3n) is 1.81. The van der Waals surface area contributed by atoms with Gasteiger partial charge in [0.15, 0.2) is 0 Å². The van der Waals surface area contributed by atoms with E-state index in [1.54, 1.807) is 21.1 Å². The number of amides is 2. The minimum Gasteiger partial charge on any atom is -0.610 e. The molecule has 1 aromatic heterocycles. The van der Waals surface area contributed by atoms with E-state index in [-0.39, 0.29) is 6.03 Å². The summed E-state index contributed by atoms with van der Waals surface area (Å²) >= 11 is 0.0588. The highest BCUT2D eigenvalue weighted by molar-refractivity contribution is 7.93. The lowest BCUT2D eigenvalue weighted by Crippen LogP contribution is -2.36. The number of carbonyl (C=O) groups is 1. The molecule has 1 rings (SSSR count). The first-order valence-corrected chi connectivity index (χ1v) is 6.77. The highest BCUT2D eigenvalue weighted by atomic mass is 32.2. The maximum absolute atomic E-state index is 11.6. The predicted octanol–water partition coefficient (Wildman–Crippen LogP) is 0.783. The molecule has 0 aliphatic carbocycles. The van der Waals surface area contributed by atoms with Crippen LogP contribution in [0.1, 0.15) is 6.92 Å². The Kier molecular flexibility index (Phi) is 4.51. The molecule has 0 saturated carbocycles. The Morgan fingerprint density at radius 1 is 1.44 bits per heavy atom. The van der Waals surface area contributed by atoms with Crippen LogP contribution in [0.5, 0.6) is 0 Å². The Labute approximate surface area is 101 Å². The number of hydrogen-bond acceptors (Lipinski definition) is 5. The highest BCUT2D eigenvalue weighted by Gasteiger charge is 2.21. The van der Waals surface area contributed by atoms with Gasteiger partial charge in [0.1, 0.15) is 5.75 Å². The van der Waals surface area contributed by atoms with Gasteiger partial charge in [-0.15, -0.1) is 5.10 Å². The Morgan fingerprint density at radius 3 is 2.56 bits per heavy atom. The van der Waals surface area contributed by atoms with Crippen molar-refractivity contribution in [2.75, 3.05) is 31.8 Å². The quantitative estimate of drug-likeness (QED) is 0.596. The van der Waals surface area contributed by atoms with Crippen LogP contribution in [0.4, 0.5) is 9.93 Å². The fraction of sp³-hybridized carbons (Fsp3) is 0.625. The summed E-state index contributed by atoms with van der Waals surface area (Å²) in [6, 6.07) is -0.190. The fourth-order valence-electron chi connectivity index (χ4n) is 0.935. The summed E-state index contributed by atoms with van der Waals surface area (Å²) in [6.07, 6.45) is 0. The van der Waals surface area contributed by atoms with Gasteiger partial charge in [-0.3, -0.25) is 4.90 Å². The van der Waals surface area contributed by atoms with E-state index < -0.39 is 11.2 Å². The third-order valence-corrected chi connectivity index (χ3v) is 4.41. The lowest BCUT2D eigenvalue weighted by molar-refractivity contribution is 0.225. The number of aromatic nitrogens is 2. The van der Waals surface area contributed by atoms with Crippen molar-refractivity contribution < 1.29 is 9.35 Å². The Bertz CT molecular complexity index is 369. The topological polar surface area (TPSA) is 72.4 Å². The van der Waals surface area contributed by atoms with E-state index in [0.29, 0.717) is 15.2 Å². The first kappa shape index (κ1) is 13.2. The van der Waals surface area contributed by atoms with Gasteiger partial charge in [0.25, 0.3) is 0 Å². The van der Waals surface area contributed by atoms with Crippen LogP contribution in [0.15, 0.2) is 4.34 Å². The van der Waals surface area contributed by atoms with Gasteiger partial charge < -0.3 is 9.45 Å². The Hall–Kier alpha value is -0.860. The van der Waals surface area contributed by atoms with E-state index in [1.165, 1.54) is 21.1 Å². The van der Waals surface area contributed by atoms with Crippen molar-refractivity contribution in [2.24, 2.45) is 0 Å². The molecule has 8 heteroatoms. The molecule has 0 aliphatic heterocycles. The predicted molar refractivity (Wildman–Crippen MR) is 64.3 cm³/mol. The molecule has 0 saturated heterocycles. The van der Waals surface area contributed by atoms with E-state index in [2.05, 4.69) is 10.2 Å². The van der Waals surface area contributed by atoms with Crippen LogP contribution < -0.4 is 4.90 Å². The molecule has 1 heterocycles. The summed E-state index contributed by atoms with van der Waals surface area (Å²) in [5.74, 6) is 0.500. The van der Waals surface area contributed by atoms with E-state index in [1.807, 2.05) is 6.92 Å². The zero-order valence-corrected chi connectivity index (χ0v) is 11.3. The van der Waals surface area contributed by atoms with E-state index in [4.69, 9.17) is 0 Å². The van der Waals surface area contributed by atoms with Crippen molar-refractivity contribution in [2.45, 2.75) is 11.3 Å². The normalized spacial score (nSPS) is 12.3. The number of nitrogens with zero attached hydrogens (tertiary/aromatic N) is 4. The van der Waals surface area contributed by atoms with Crippen LogP contribution in [0.2, 0.25) is 0 Å². The van der Waals surface area contributed by atoms with Crippen molar-refractivity contribution in [3.8, 4) is 0 Å². The van der Waals surface area contributed by atoms with Crippen LogP contribution in [0, 0.1) is 0 Å². The minimum absolute atomic E-state index is 0.190. The number of anilines is 1. The first-order chi connectivity index (χ1) is 7.47. The summed E-state index contributed by atoms with van der Waals surface area (Å²) in [5, 5.41) is 8.10. The average molecular weight is 262 g/mol. The van der Waals surface area contributed by atoms with Gasteiger partial charge in [0.2, 0.25) is 5.13 Å². The maximum atomic E-state index is 11.6. The van der Waals surface area contributed by atoms with Gasteiger partial charge in [-0.05, 0) is 18.3 Å². The third kappa shape index (κ3) is 2.83. The van der Waals surface area contributed by atoms with E-state index in [9.17, 15) is 9.35 Å². The van der Waals surface area contributed by atoms with Gasteiger partial charge in [0.05, 0.1) is 0 Å². The molecule has 0 radical (unpaired) electrons. The number of hydrogen-bond donors (Lipinski definition) is 0. The van der Waals surface area contributed by atoms with Crippen LogP contribution in [-0.4, -0.2) is 52.6 Å². The van der Waals surface area contributed by atoms with Crippen molar-refractivity contribution in [1.82, 2.24) is 15.1 Å². The number of carbonyl (C=O) groups excluding carboxylic acids is 1.